The number of carbonyl (C=O) groups is 1. The van der Waals surface area contributed by atoms with Gasteiger partial charge in [0, 0.05) is 13.1 Å². The van der Waals surface area contributed by atoms with Crippen molar-refractivity contribution in [3.05, 3.63) is 35.6 Å². The summed E-state index contributed by atoms with van der Waals surface area (Å²) in [6.07, 6.45) is 1.79. The zero-order chi connectivity index (χ0) is 12.8. The van der Waals surface area contributed by atoms with Crippen LogP contribution in [-0.2, 0) is 11.3 Å². The van der Waals surface area contributed by atoms with Crippen LogP contribution in [0.5, 0.6) is 0 Å². The number of halogens is 1. The van der Waals surface area contributed by atoms with Gasteiger partial charge in [0.25, 0.3) is 0 Å². The first-order chi connectivity index (χ1) is 8.60. The number of rotatable bonds is 3. The molecule has 18 heavy (non-hydrogen) atoms. The van der Waals surface area contributed by atoms with Gasteiger partial charge in [-0.15, -0.1) is 0 Å². The zero-order valence-corrected chi connectivity index (χ0v) is 10.1. The standard InChI is InChI=1S/C14H16FNO2/c15-12-3-1-10(2-4-12)8-16-6-5-11-7-14(11,9-16)13(17)18/h1-4,11H,5-9H2,(H,17,18). The number of hydrogen-bond acceptors (Lipinski definition) is 2. The number of carboxylic acids is 1. The van der Waals surface area contributed by atoms with E-state index in [4.69, 9.17) is 0 Å². The fourth-order valence-electron chi connectivity index (χ4n) is 3.08. The van der Waals surface area contributed by atoms with E-state index in [0.717, 1.165) is 24.9 Å². The van der Waals surface area contributed by atoms with Crippen molar-refractivity contribution in [1.82, 2.24) is 4.90 Å². The van der Waals surface area contributed by atoms with Crippen LogP contribution in [0.15, 0.2) is 24.3 Å². The highest BCUT2D eigenvalue weighted by atomic mass is 19.1. The Morgan fingerprint density at radius 1 is 1.44 bits per heavy atom. The third-order valence-electron chi connectivity index (χ3n) is 4.28. The van der Waals surface area contributed by atoms with Crippen molar-refractivity contribution >= 4 is 5.97 Å². The van der Waals surface area contributed by atoms with Crippen molar-refractivity contribution < 1.29 is 14.3 Å². The lowest BCUT2D eigenvalue weighted by atomic mass is 9.97. The second-order valence-corrected chi connectivity index (χ2v) is 5.49. The summed E-state index contributed by atoms with van der Waals surface area (Å²) in [6, 6.07) is 6.43. The predicted molar refractivity (Wildman–Crippen MR) is 64.5 cm³/mol. The molecule has 1 aliphatic carbocycles. The number of nitrogens with zero attached hydrogens (tertiary/aromatic N) is 1. The van der Waals surface area contributed by atoms with Crippen LogP contribution in [0.25, 0.3) is 0 Å². The van der Waals surface area contributed by atoms with Gasteiger partial charge in [0.1, 0.15) is 5.82 Å². The van der Waals surface area contributed by atoms with E-state index in [2.05, 4.69) is 4.90 Å². The Bertz CT molecular complexity index is 473. The van der Waals surface area contributed by atoms with Gasteiger partial charge in [0.05, 0.1) is 5.41 Å². The van der Waals surface area contributed by atoms with Crippen LogP contribution >= 0.6 is 0 Å². The fourth-order valence-corrected chi connectivity index (χ4v) is 3.08. The van der Waals surface area contributed by atoms with E-state index in [9.17, 15) is 14.3 Å². The van der Waals surface area contributed by atoms with Crippen LogP contribution in [0, 0.1) is 17.2 Å². The minimum atomic E-state index is -0.656. The van der Waals surface area contributed by atoms with Gasteiger partial charge < -0.3 is 5.11 Å². The fraction of sp³-hybridized carbons (Fsp3) is 0.500. The molecule has 2 fully saturated rings. The number of likely N-dealkylation sites (tertiary alicyclic amines) is 1. The van der Waals surface area contributed by atoms with Crippen molar-refractivity contribution in [3.63, 3.8) is 0 Å². The molecule has 2 aliphatic rings. The van der Waals surface area contributed by atoms with E-state index in [1.54, 1.807) is 12.1 Å². The van der Waals surface area contributed by atoms with Crippen molar-refractivity contribution in [2.24, 2.45) is 11.3 Å². The van der Waals surface area contributed by atoms with Crippen LogP contribution in [0.2, 0.25) is 0 Å². The maximum Gasteiger partial charge on any atom is 0.311 e. The summed E-state index contributed by atoms with van der Waals surface area (Å²) in [5.41, 5.74) is 0.550. The van der Waals surface area contributed by atoms with Gasteiger partial charge in [-0.3, -0.25) is 9.69 Å². The number of benzene rings is 1. The van der Waals surface area contributed by atoms with Crippen molar-refractivity contribution in [2.45, 2.75) is 19.4 Å². The molecule has 0 radical (unpaired) electrons. The van der Waals surface area contributed by atoms with Crippen LogP contribution < -0.4 is 0 Å². The molecule has 2 unspecified atom stereocenters. The number of piperidine rings is 1. The highest BCUT2D eigenvalue weighted by Crippen LogP contribution is 2.57. The van der Waals surface area contributed by atoms with Crippen molar-refractivity contribution in [1.29, 1.82) is 0 Å². The monoisotopic (exact) mass is 249 g/mol. The van der Waals surface area contributed by atoms with E-state index >= 15 is 0 Å². The Labute approximate surface area is 105 Å². The number of fused-ring (bicyclic) bond motifs is 1. The summed E-state index contributed by atoms with van der Waals surface area (Å²) in [4.78, 5) is 13.5. The van der Waals surface area contributed by atoms with Gasteiger partial charge in [0.15, 0.2) is 0 Å². The Hall–Kier alpha value is -1.42. The molecule has 1 heterocycles. The third-order valence-corrected chi connectivity index (χ3v) is 4.28. The number of aliphatic carboxylic acids is 1. The summed E-state index contributed by atoms with van der Waals surface area (Å²) in [7, 11) is 0. The van der Waals surface area contributed by atoms with E-state index < -0.39 is 11.4 Å². The molecule has 0 amide bonds. The molecule has 96 valence electrons. The molecular weight excluding hydrogens is 233 g/mol. The first-order valence-electron chi connectivity index (χ1n) is 6.30. The van der Waals surface area contributed by atoms with Gasteiger partial charge in [-0.25, -0.2) is 4.39 Å². The highest BCUT2D eigenvalue weighted by Gasteiger charge is 2.62. The largest absolute Gasteiger partial charge is 0.481 e. The lowest BCUT2D eigenvalue weighted by Crippen LogP contribution is -2.40. The molecule has 4 heteroatoms. The molecule has 2 atom stereocenters. The predicted octanol–water partition coefficient (Wildman–Crippen LogP) is 2.12. The molecule has 0 aromatic heterocycles. The molecule has 0 spiro atoms. The SMILES string of the molecule is O=C(O)C12CC1CCN(Cc1ccc(F)cc1)C2. The first kappa shape index (κ1) is 11.7. The van der Waals surface area contributed by atoms with Gasteiger partial charge in [-0.2, -0.15) is 0 Å². The van der Waals surface area contributed by atoms with Gasteiger partial charge in [-0.1, -0.05) is 12.1 Å². The van der Waals surface area contributed by atoms with E-state index in [1.165, 1.54) is 12.1 Å². The van der Waals surface area contributed by atoms with Crippen LogP contribution in [0.1, 0.15) is 18.4 Å². The molecule has 3 nitrogen and oxygen atoms in total. The second kappa shape index (κ2) is 4.05. The maximum atomic E-state index is 12.8. The topological polar surface area (TPSA) is 40.5 Å². The van der Waals surface area contributed by atoms with Crippen molar-refractivity contribution in [2.75, 3.05) is 13.1 Å². The Kier molecular flexibility index (Phi) is 2.63. The Balaban J connectivity index is 1.67. The molecule has 1 saturated heterocycles. The van der Waals surface area contributed by atoms with E-state index in [1.807, 2.05) is 0 Å². The third kappa shape index (κ3) is 1.90. The summed E-state index contributed by atoms with van der Waals surface area (Å²) in [6.45, 7) is 2.28. The summed E-state index contributed by atoms with van der Waals surface area (Å²) in [5.74, 6) is -0.516. The summed E-state index contributed by atoms with van der Waals surface area (Å²) in [5, 5.41) is 9.28. The van der Waals surface area contributed by atoms with E-state index in [-0.39, 0.29) is 5.82 Å². The average molecular weight is 249 g/mol. The molecule has 1 saturated carbocycles. The second-order valence-electron chi connectivity index (χ2n) is 5.49. The van der Waals surface area contributed by atoms with Gasteiger partial charge in [-0.05, 0) is 43.0 Å². The normalized spacial score (nSPS) is 30.8. The highest BCUT2D eigenvalue weighted by molar-refractivity contribution is 5.79. The van der Waals surface area contributed by atoms with Gasteiger partial charge >= 0.3 is 5.97 Å². The smallest absolute Gasteiger partial charge is 0.311 e. The van der Waals surface area contributed by atoms with Crippen LogP contribution in [-0.4, -0.2) is 29.1 Å². The zero-order valence-electron chi connectivity index (χ0n) is 10.1. The summed E-state index contributed by atoms with van der Waals surface area (Å²) < 4.78 is 12.8. The van der Waals surface area contributed by atoms with Crippen molar-refractivity contribution in [3.8, 4) is 0 Å². The minimum Gasteiger partial charge on any atom is -0.481 e. The van der Waals surface area contributed by atoms with E-state index in [0.29, 0.717) is 19.0 Å². The Morgan fingerprint density at radius 3 is 2.83 bits per heavy atom. The average Bonchev–Trinajstić information content (AvgIpc) is 3.07. The molecule has 1 N–H and O–H groups in total. The molecule has 3 rings (SSSR count). The molecule has 1 aromatic carbocycles. The minimum absolute atomic E-state index is 0.235. The first-order valence-corrected chi connectivity index (χ1v) is 6.30. The molecule has 0 bridgehead atoms. The lowest BCUT2D eigenvalue weighted by Gasteiger charge is -2.30. The number of hydrogen-bond donors (Lipinski definition) is 1. The summed E-state index contributed by atoms with van der Waals surface area (Å²) >= 11 is 0. The molecule has 1 aromatic rings. The van der Waals surface area contributed by atoms with Crippen LogP contribution in [0.4, 0.5) is 4.39 Å². The van der Waals surface area contributed by atoms with Gasteiger partial charge in [0.2, 0.25) is 0 Å². The Morgan fingerprint density at radius 2 is 2.17 bits per heavy atom. The number of carboxylic acid groups (broad SMARTS) is 1. The molecule has 1 aliphatic heterocycles. The van der Waals surface area contributed by atoms with Crippen LogP contribution in [0.3, 0.4) is 0 Å². The molecular formula is C14H16FNO2. The quantitative estimate of drug-likeness (QED) is 0.892. The maximum absolute atomic E-state index is 12.8. The lowest BCUT2D eigenvalue weighted by molar-refractivity contribution is -0.145.